The van der Waals surface area contributed by atoms with Crippen molar-refractivity contribution in [1.29, 1.82) is 0 Å². The summed E-state index contributed by atoms with van der Waals surface area (Å²) in [4.78, 5) is 41.5. The fraction of sp³-hybridized carbons (Fsp3) is 0.800. The third-order valence-electron chi connectivity index (χ3n) is 5.86. The molecule has 0 aromatic heterocycles. The molecule has 3 rings (SSSR count). The highest BCUT2D eigenvalue weighted by atomic mass is 16.2. The average molecular weight is 278 g/mol. The molecular formula is C15H22N2O3. The summed E-state index contributed by atoms with van der Waals surface area (Å²) in [6, 6.07) is 0. The summed E-state index contributed by atoms with van der Waals surface area (Å²) in [5, 5.41) is 0. The molecule has 1 amide bonds. The van der Waals surface area contributed by atoms with Gasteiger partial charge in [-0.1, -0.05) is 13.8 Å². The van der Waals surface area contributed by atoms with Crippen molar-refractivity contribution >= 4 is 17.5 Å². The minimum Gasteiger partial charge on any atom is -0.339 e. The van der Waals surface area contributed by atoms with Gasteiger partial charge in [0.2, 0.25) is 17.5 Å². The second kappa shape index (κ2) is 4.13. The largest absolute Gasteiger partial charge is 0.339 e. The van der Waals surface area contributed by atoms with Gasteiger partial charge in [-0.15, -0.1) is 0 Å². The summed E-state index contributed by atoms with van der Waals surface area (Å²) in [6.45, 7) is 6.79. The standard InChI is InChI=1S/C15H22N2O3/c1-14(2)10-4-5-15(14,12(19)11(10)18)13(20)17-8-6-16(3)7-9-17/h10H,4-9H2,1-3H3. The van der Waals surface area contributed by atoms with E-state index in [1.807, 2.05) is 20.9 Å². The molecule has 0 aromatic carbocycles. The molecule has 5 heteroatoms. The Morgan fingerprint density at radius 2 is 1.75 bits per heavy atom. The molecule has 3 aliphatic rings. The Hall–Kier alpha value is -1.23. The molecule has 20 heavy (non-hydrogen) atoms. The molecule has 2 atom stereocenters. The first-order valence-corrected chi connectivity index (χ1v) is 7.39. The average Bonchev–Trinajstić information content (AvgIpc) is 2.75. The van der Waals surface area contributed by atoms with Crippen molar-refractivity contribution in [2.24, 2.45) is 16.7 Å². The third kappa shape index (κ3) is 1.44. The van der Waals surface area contributed by atoms with Crippen molar-refractivity contribution in [3.8, 4) is 0 Å². The van der Waals surface area contributed by atoms with Crippen LogP contribution in [0.4, 0.5) is 0 Å². The zero-order valence-electron chi connectivity index (χ0n) is 12.4. The zero-order chi connectivity index (χ0) is 14.7. The first-order valence-electron chi connectivity index (χ1n) is 7.39. The first-order chi connectivity index (χ1) is 9.32. The second-order valence-electron chi connectivity index (χ2n) is 7.01. The maximum absolute atomic E-state index is 13.0. The lowest BCUT2D eigenvalue weighted by molar-refractivity contribution is -0.156. The molecule has 2 unspecified atom stereocenters. The molecule has 110 valence electrons. The van der Waals surface area contributed by atoms with Gasteiger partial charge in [0, 0.05) is 32.1 Å². The van der Waals surface area contributed by atoms with Crippen LogP contribution in [0.1, 0.15) is 26.7 Å². The van der Waals surface area contributed by atoms with E-state index in [2.05, 4.69) is 4.90 Å². The van der Waals surface area contributed by atoms with Crippen LogP contribution in [0.15, 0.2) is 0 Å². The summed E-state index contributed by atoms with van der Waals surface area (Å²) in [5.74, 6) is -1.10. The predicted octanol–water partition coefficient (Wildman–Crippen LogP) is 0.335. The molecule has 1 aliphatic heterocycles. The molecule has 2 aliphatic carbocycles. The lowest BCUT2D eigenvalue weighted by Crippen LogP contribution is -2.56. The Labute approximate surface area is 119 Å². The molecule has 5 nitrogen and oxygen atoms in total. The number of rotatable bonds is 1. The molecule has 0 aromatic rings. The SMILES string of the molecule is CN1CCN(C(=O)C23CCC(C(=O)C2=O)C3(C)C)CC1. The highest BCUT2D eigenvalue weighted by molar-refractivity contribution is 6.47. The van der Waals surface area contributed by atoms with E-state index in [1.165, 1.54) is 0 Å². The van der Waals surface area contributed by atoms with Gasteiger partial charge in [0.1, 0.15) is 5.41 Å². The van der Waals surface area contributed by atoms with Gasteiger partial charge < -0.3 is 9.80 Å². The second-order valence-corrected chi connectivity index (χ2v) is 7.01. The molecule has 3 fully saturated rings. The molecular weight excluding hydrogens is 256 g/mol. The Balaban J connectivity index is 1.93. The Morgan fingerprint density at radius 3 is 2.25 bits per heavy atom. The topological polar surface area (TPSA) is 57.7 Å². The van der Waals surface area contributed by atoms with E-state index in [0.717, 1.165) is 13.1 Å². The van der Waals surface area contributed by atoms with E-state index in [-0.39, 0.29) is 17.6 Å². The van der Waals surface area contributed by atoms with E-state index >= 15 is 0 Å². The number of ketones is 2. The number of nitrogens with zero attached hydrogens (tertiary/aromatic N) is 2. The number of amides is 1. The quantitative estimate of drug-likeness (QED) is 0.512. The lowest BCUT2D eigenvalue weighted by Gasteiger charge is -2.41. The van der Waals surface area contributed by atoms with Gasteiger partial charge in [-0.2, -0.15) is 0 Å². The lowest BCUT2D eigenvalue weighted by atomic mass is 9.68. The maximum Gasteiger partial charge on any atom is 0.237 e. The third-order valence-corrected chi connectivity index (χ3v) is 5.86. The number of hydrogen-bond donors (Lipinski definition) is 0. The predicted molar refractivity (Wildman–Crippen MR) is 73.0 cm³/mol. The van der Waals surface area contributed by atoms with Crippen molar-refractivity contribution in [1.82, 2.24) is 9.80 Å². The molecule has 1 saturated heterocycles. The van der Waals surface area contributed by atoms with E-state index < -0.39 is 16.6 Å². The van der Waals surface area contributed by atoms with Crippen molar-refractivity contribution in [3.63, 3.8) is 0 Å². The van der Waals surface area contributed by atoms with Crippen molar-refractivity contribution < 1.29 is 14.4 Å². The fourth-order valence-corrected chi connectivity index (χ4v) is 4.33. The van der Waals surface area contributed by atoms with Gasteiger partial charge in [0.25, 0.3) is 0 Å². The van der Waals surface area contributed by atoms with Crippen LogP contribution in [0.2, 0.25) is 0 Å². The Morgan fingerprint density at radius 1 is 1.15 bits per heavy atom. The summed E-state index contributed by atoms with van der Waals surface area (Å²) in [5.41, 5.74) is -1.60. The van der Waals surface area contributed by atoms with Crippen molar-refractivity contribution in [2.45, 2.75) is 26.7 Å². The van der Waals surface area contributed by atoms with Gasteiger partial charge >= 0.3 is 0 Å². The molecule has 0 radical (unpaired) electrons. The van der Waals surface area contributed by atoms with Crippen LogP contribution in [0.3, 0.4) is 0 Å². The van der Waals surface area contributed by atoms with Crippen LogP contribution in [-0.2, 0) is 14.4 Å². The van der Waals surface area contributed by atoms with Crippen LogP contribution < -0.4 is 0 Å². The van der Waals surface area contributed by atoms with E-state index in [1.54, 1.807) is 4.90 Å². The number of carbonyl (C=O) groups is 3. The highest BCUT2D eigenvalue weighted by Crippen LogP contribution is 2.63. The van der Waals surface area contributed by atoms with Crippen molar-refractivity contribution in [2.75, 3.05) is 33.2 Å². The number of Topliss-reactive ketones (excluding diaryl/α,β-unsaturated/α-hetero) is 2. The minimum atomic E-state index is -1.08. The molecule has 2 saturated carbocycles. The van der Waals surface area contributed by atoms with Gasteiger partial charge in [0.15, 0.2) is 0 Å². The normalized spacial score (nSPS) is 36.8. The number of hydrogen-bond acceptors (Lipinski definition) is 4. The van der Waals surface area contributed by atoms with Crippen molar-refractivity contribution in [3.05, 3.63) is 0 Å². The van der Waals surface area contributed by atoms with Crippen LogP contribution in [-0.4, -0.2) is 60.5 Å². The molecule has 2 bridgehead atoms. The summed E-state index contributed by atoms with van der Waals surface area (Å²) in [7, 11) is 2.03. The fourth-order valence-electron chi connectivity index (χ4n) is 4.33. The summed E-state index contributed by atoms with van der Waals surface area (Å²) >= 11 is 0. The monoisotopic (exact) mass is 278 g/mol. The summed E-state index contributed by atoms with van der Waals surface area (Å²) < 4.78 is 0. The summed E-state index contributed by atoms with van der Waals surface area (Å²) in [6.07, 6.45) is 1.22. The maximum atomic E-state index is 13.0. The smallest absolute Gasteiger partial charge is 0.237 e. The highest BCUT2D eigenvalue weighted by Gasteiger charge is 2.73. The first kappa shape index (κ1) is 13.7. The van der Waals surface area contributed by atoms with E-state index in [0.29, 0.717) is 25.9 Å². The minimum absolute atomic E-state index is 0.103. The van der Waals surface area contributed by atoms with Gasteiger partial charge in [0.05, 0.1) is 0 Å². The van der Waals surface area contributed by atoms with Crippen LogP contribution in [0.25, 0.3) is 0 Å². The molecule has 0 spiro atoms. The number of likely N-dealkylation sites (N-methyl/N-ethyl adjacent to an activating group) is 1. The molecule has 0 N–H and O–H groups in total. The van der Waals surface area contributed by atoms with Gasteiger partial charge in [-0.3, -0.25) is 14.4 Å². The van der Waals surface area contributed by atoms with Crippen LogP contribution >= 0.6 is 0 Å². The van der Waals surface area contributed by atoms with Gasteiger partial charge in [-0.05, 0) is 25.3 Å². The van der Waals surface area contributed by atoms with Gasteiger partial charge in [-0.25, -0.2) is 0 Å². The van der Waals surface area contributed by atoms with Crippen LogP contribution in [0, 0.1) is 16.7 Å². The number of piperazine rings is 1. The van der Waals surface area contributed by atoms with E-state index in [4.69, 9.17) is 0 Å². The Bertz CT molecular complexity index is 491. The number of carbonyl (C=O) groups excluding carboxylic acids is 3. The van der Waals surface area contributed by atoms with Crippen LogP contribution in [0.5, 0.6) is 0 Å². The zero-order valence-corrected chi connectivity index (χ0v) is 12.4. The van der Waals surface area contributed by atoms with E-state index in [9.17, 15) is 14.4 Å². The Kier molecular flexibility index (Phi) is 2.84. The number of fused-ring (bicyclic) bond motifs is 2. The molecule has 1 heterocycles.